The lowest BCUT2D eigenvalue weighted by molar-refractivity contribution is 0.248. The molecule has 18 heavy (non-hydrogen) atoms. The van der Waals surface area contributed by atoms with Gasteiger partial charge in [-0.2, -0.15) is 0 Å². The quantitative estimate of drug-likeness (QED) is 0.869. The van der Waals surface area contributed by atoms with Gasteiger partial charge in [0.15, 0.2) is 11.5 Å². The summed E-state index contributed by atoms with van der Waals surface area (Å²) in [5.41, 5.74) is 2.25. The molecule has 1 N–H and O–H groups in total. The second-order valence-corrected chi connectivity index (χ2v) is 4.25. The predicted molar refractivity (Wildman–Crippen MR) is 69.3 cm³/mol. The van der Waals surface area contributed by atoms with Crippen LogP contribution in [0.3, 0.4) is 0 Å². The van der Waals surface area contributed by atoms with Gasteiger partial charge in [-0.15, -0.1) is 0 Å². The van der Waals surface area contributed by atoms with Crippen LogP contribution in [0.1, 0.15) is 12.0 Å². The van der Waals surface area contributed by atoms with Crippen LogP contribution in [0.15, 0.2) is 18.2 Å². The van der Waals surface area contributed by atoms with Crippen LogP contribution >= 0.6 is 0 Å². The highest BCUT2D eigenvalue weighted by molar-refractivity contribution is 5.74. The predicted octanol–water partition coefficient (Wildman–Crippen LogP) is 2.11. The van der Waals surface area contributed by atoms with E-state index in [0.717, 1.165) is 12.0 Å². The van der Waals surface area contributed by atoms with Crippen molar-refractivity contribution >= 4 is 5.57 Å². The molecule has 1 aliphatic carbocycles. The normalized spacial score (nSPS) is 17.8. The van der Waals surface area contributed by atoms with Crippen molar-refractivity contribution in [3.63, 3.8) is 0 Å². The maximum Gasteiger partial charge on any atom is 0.203 e. The molecule has 4 heteroatoms. The lowest BCUT2D eigenvalue weighted by Gasteiger charge is -2.25. The Kier molecular flexibility index (Phi) is 3.77. The molecule has 1 aliphatic rings. The highest BCUT2D eigenvalue weighted by Crippen LogP contribution is 2.43. The smallest absolute Gasteiger partial charge is 0.203 e. The fourth-order valence-electron chi connectivity index (χ4n) is 2.13. The van der Waals surface area contributed by atoms with E-state index in [-0.39, 0.29) is 12.5 Å². The van der Waals surface area contributed by atoms with E-state index in [9.17, 15) is 0 Å². The van der Waals surface area contributed by atoms with Crippen molar-refractivity contribution in [1.82, 2.24) is 0 Å². The van der Waals surface area contributed by atoms with E-state index in [0.29, 0.717) is 17.2 Å². The second kappa shape index (κ2) is 5.31. The Morgan fingerprint density at radius 2 is 1.67 bits per heavy atom. The Morgan fingerprint density at radius 1 is 1.11 bits per heavy atom. The summed E-state index contributed by atoms with van der Waals surface area (Å²) >= 11 is 0. The monoisotopic (exact) mass is 250 g/mol. The third kappa shape index (κ3) is 2.16. The SMILES string of the molecule is COc1cc(C2=CC(CO)C2)cc(OC)c1OC. The molecule has 0 heterocycles. The number of aliphatic hydroxyl groups excluding tert-OH is 1. The Bertz CT molecular complexity index is 440. The van der Waals surface area contributed by atoms with Gasteiger partial charge in [-0.3, -0.25) is 0 Å². The molecule has 0 spiro atoms. The molecule has 1 atom stereocenters. The van der Waals surface area contributed by atoms with Crippen molar-refractivity contribution in [3.05, 3.63) is 23.8 Å². The Morgan fingerprint density at radius 3 is 2.06 bits per heavy atom. The van der Waals surface area contributed by atoms with Gasteiger partial charge in [-0.05, 0) is 29.7 Å². The number of rotatable bonds is 5. The first-order valence-corrected chi connectivity index (χ1v) is 5.85. The maximum absolute atomic E-state index is 9.02. The topological polar surface area (TPSA) is 47.9 Å². The molecule has 0 aliphatic heterocycles. The molecule has 0 saturated heterocycles. The molecule has 0 amide bonds. The lowest BCUT2D eigenvalue weighted by Crippen LogP contribution is -2.13. The van der Waals surface area contributed by atoms with Crippen molar-refractivity contribution in [3.8, 4) is 17.2 Å². The van der Waals surface area contributed by atoms with E-state index in [1.807, 2.05) is 12.1 Å². The van der Waals surface area contributed by atoms with Gasteiger partial charge in [0, 0.05) is 12.5 Å². The summed E-state index contributed by atoms with van der Waals surface area (Å²) in [6, 6.07) is 3.86. The van der Waals surface area contributed by atoms with Crippen LogP contribution in [-0.4, -0.2) is 33.0 Å². The molecular formula is C14H18O4. The molecule has 4 nitrogen and oxygen atoms in total. The minimum atomic E-state index is 0.202. The number of hydrogen-bond acceptors (Lipinski definition) is 4. The number of allylic oxidation sites excluding steroid dienone is 1. The van der Waals surface area contributed by atoms with Crippen LogP contribution < -0.4 is 14.2 Å². The number of ether oxygens (including phenoxy) is 3. The lowest BCUT2D eigenvalue weighted by atomic mass is 9.83. The Hall–Kier alpha value is -1.68. The van der Waals surface area contributed by atoms with Crippen molar-refractivity contribution in [1.29, 1.82) is 0 Å². The minimum absolute atomic E-state index is 0.202. The van der Waals surface area contributed by atoms with Gasteiger partial charge in [0.2, 0.25) is 5.75 Å². The first kappa shape index (κ1) is 12.8. The van der Waals surface area contributed by atoms with Gasteiger partial charge in [0.1, 0.15) is 0 Å². The Labute approximate surface area is 107 Å². The van der Waals surface area contributed by atoms with Crippen LogP contribution in [0.4, 0.5) is 0 Å². The molecule has 0 radical (unpaired) electrons. The summed E-state index contributed by atoms with van der Waals surface area (Å²) in [5, 5.41) is 9.02. The van der Waals surface area contributed by atoms with E-state index >= 15 is 0 Å². The largest absolute Gasteiger partial charge is 0.493 e. The highest BCUT2D eigenvalue weighted by atomic mass is 16.5. The summed E-state index contributed by atoms with van der Waals surface area (Å²) in [6.07, 6.45) is 2.95. The zero-order chi connectivity index (χ0) is 13.1. The third-order valence-electron chi connectivity index (χ3n) is 3.19. The van der Waals surface area contributed by atoms with Gasteiger partial charge in [-0.1, -0.05) is 6.08 Å². The molecule has 0 bridgehead atoms. The first-order valence-electron chi connectivity index (χ1n) is 5.85. The molecule has 1 aromatic carbocycles. The van der Waals surface area contributed by atoms with Crippen LogP contribution in [-0.2, 0) is 0 Å². The average Bonchev–Trinajstić information content (AvgIpc) is 2.36. The molecule has 1 aromatic rings. The number of hydrogen-bond donors (Lipinski definition) is 1. The van der Waals surface area contributed by atoms with Crippen molar-refractivity contribution < 1.29 is 19.3 Å². The summed E-state index contributed by atoms with van der Waals surface area (Å²) < 4.78 is 15.9. The maximum atomic E-state index is 9.02. The molecule has 0 fully saturated rings. The molecular weight excluding hydrogens is 232 g/mol. The minimum Gasteiger partial charge on any atom is -0.493 e. The van der Waals surface area contributed by atoms with E-state index in [2.05, 4.69) is 6.08 Å². The molecule has 0 saturated carbocycles. The van der Waals surface area contributed by atoms with E-state index in [1.165, 1.54) is 5.57 Å². The Balaban J connectivity index is 2.39. The summed E-state index contributed by atoms with van der Waals surface area (Å²) in [7, 11) is 4.80. The van der Waals surface area contributed by atoms with Gasteiger partial charge < -0.3 is 19.3 Å². The van der Waals surface area contributed by atoms with Crippen LogP contribution in [0.25, 0.3) is 5.57 Å². The highest BCUT2D eigenvalue weighted by Gasteiger charge is 2.22. The van der Waals surface area contributed by atoms with Crippen molar-refractivity contribution in [2.24, 2.45) is 5.92 Å². The molecule has 2 rings (SSSR count). The summed E-state index contributed by atoms with van der Waals surface area (Å²) in [6.45, 7) is 0.202. The summed E-state index contributed by atoms with van der Waals surface area (Å²) in [5.74, 6) is 2.18. The molecule has 0 aromatic heterocycles. The fourth-order valence-corrected chi connectivity index (χ4v) is 2.13. The van der Waals surface area contributed by atoms with Gasteiger partial charge >= 0.3 is 0 Å². The second-order valence-electron chi connectivity index (χ2n) is 4.25. The molecule has 1 unspecified atom stereocenters. The third-order valence-corrected chi connectivity index (χ3v) is 3.19. The van der Waals surface area contributed by atoms with E-state index in [4.69, 9.17) is 19.3 Å². The van der Waals surface area contributed by atoms with Gasteiger partial charge in [0.25, 0.3) is 0 Å². The van der Waals surface area contributed by atoms with Crippen molar-refractivity contribution in [2.75, 3.05) is 27.9 Å². The number of benzene rings is 1. The van der Waals surface area contributed by atoms with Gasteiger partial charge in [0.05, 0.1) is 21.3 Å². The zero-order valence-corrected chi connectivity index (χ0v) is 10.9. The van der Waals surface area contributed by atoms with E-state index < -0.39 is 0 Å². The van der Waals surface area contributed by atoms with E-state index in [1.54, 1.807) is 21.3 Å². The van der Waals surface area contributed by atoms with Crippen LogP contribution in [0.5, 0.6) is 17.2 Å². The average molecular weight is 250 g/mol. The standard InChI is InChI=1S/C14H18O4/c1-16-12-6-11(10-4-9(5-10)8-15)7-13(17-2)14(12)18-3/h4,6-7,9,15H,5,8H2,1-3H3. The first-order chi connectivity index (χ1) is 8.73. The van der Waals surface area contributed by atoms with Gasteiger partial charge in [-0.25, -0.2) is 0 Å². The summed E-state index contributed by atoms with van der Waals surface area (Å²) in [4.78, 5) is 0. The molecule has 98 valence electrons. The number of methoxy groups -OCH3 is 3. The fraction of sp³-hybridized carbons (Fsp3) is 0.429. The zero-order valence-electron chi connectivity index (χ0n) is 10.9. The van der Waals surface area contributed by atoms with Crippen LogP contribution in [0, 0.1) is 5.92 Å². The number of aliphatic hydroxyl groups is 1. The van der Waals surface area contributed by atoms with Crippen molar-refractivity contribution in [2.45, 2.75) is 6.42 Å². The van der Waals surface area contributed by atoms with Crippen LogP contribution in [0.2, 0.25) is 0 Å².